The van der Waals surface area contributed by atoms with E-state index < -0.39 is 11.6 Å². The molecule has 0 atom stereocenters. The lowest BCUT2D eigenvalue weighted by molar-refractivity contribution is 0.433. The van der Waals surface area contributed by atoms with E-state index in [1.54, 1.807) is 6.92 Å². The van der Waals surface area contributed by atoms with Gasteiger partial charge < -0.3 is 10.3 Å². The zero-order valence-corrected chi connectivity index (χ0v) is 11.7. The number of rotatable bonds is 3. The van der Waals surface area contributed by atoms with E-state index >= 15 is 0 Å². The Morgan fingerprint density at radius 3 is 2.52 bits per heavy atom. The number of hydrogen-bond donors (Lipinski definition) is 1. The van der Waals surface area contributed by atoms with Gasteiger partial charge in [0.05, 0.1) is 5.69 Å². The minimum atomic E-state index is -0.698. The second-order valence-corrected chi connectivity index (χ2v) is 5.39. The molecule has 0 spiro atoms. The van der Waals surface area contributed by atoms with Crippen LogP contribution in [0.2, 0.25) is 0 Å². The van der Waals surface area contributed by atoms with Crippen molar-refractivity contribution in [3.63, 3.8) is 0 Å². The molecular weight excluding hydrogens is 298 g/mol. The van der Waals surface area contributed by atoms with Crippen molar-refractivity contribution in [1.82, 2.24) is 15.1 Å². The highest BCUT2D eigenvalue weighted by Crippen LogP contribution is 2.30. The van der Waals surface area contributed by atoms with Crippen LogP contribution in [0, 0.1) is 18.6 Å². The van der Waals surface area contributed by atoms with Gasteiger partial charge in [-0.05, 0) is 19.1 Å². The molecule has 0 aliphatic carbocycles. The molecule has 1 aromatic carbocycles. The lowest BCUT2D eigenvalue weighted by atomic mass is 10.2. The highest BCUT2D eigenvalue weighted by atomic mass is 32.1. The first-order valence-electron chi connectivity index (χ1n) is 6.03. The van der Waals surface area contributed by atoms with E-state index in [0.29, 0.717) is 11.4 Å². The smallest absolute Gasteiger partial charge is 0.270 e. The molecule has 0 saturated heterocycles. The number of halogens is 2. The molecule has 0 aliphatic heterocycles. The summed E-state index contributed by atoms with van der Waals surface area (Å²) in [6, 6.07) is 3.07. The summed E-state index contributed by atoms with van der Waals surface area (Å²) in [5.74, 6) is -1.03. The summed E-state index contributed by atoms with van der Waals surface area (Å²) in [6.07, 6.45) is 0. The van der Waals surface area contributed by atoms with Gasteiger partial charge in [-0.25, -0.2) is 13.8 Å². The van der Waals surface area contributed by atoms with Crippen molar-refractivity contribution in [2.75, 3.05) is 0 Å². The Hall–Kier alpha value is -2.19. The maximum Gasteiger partial charge on any atom is 0.270 e. The van der Waals surface area contributed by atoms with E-state index in [2.05, 4.69) is 15.1 Å². The fourth-order valence-corrected chi connectivity index (χ4v) is 2.72. The molecular formula is C13H10F2N4OS. The Kier molecular flexibility index (Phi) is 3.48. The summed E-state index contributed by atoms with van der Waals surface area (Å²) in [6.45, 7) is 2.12. The van der Waals surface area contributed by atoms with Crippen molar-refractivity contribution in [3.8, 4) is 22.2 Å². The molecule has 0 bridgehead atoms. The summed E-state index contributed by atoms with van der Waals surface area (Å²) in [4.78, 5) is 9.12. The predicted octanol–water partition coefficient (Wildman–Crippen LogP) is 2.91. The maximum atomic E-state index is 13.2. The van der Waals surface area contributed by atoms with Gasteiger partial charge in [-0.15, -0.1) is 11.3 Å². The van der Waals surface area contributed by atoms with Gasteiger partial charge >= 0.3 is 0 Å². The van der Waals surface area contributed by atoms with Crippen LogP contribution < -0.4 is 5.73 Å². The summed E-state index contributed by atoms with van der Waals surface area (Å²) in [5.41, 5.74) is 6.47. The summed E-state index contributed by atoms with van der Waals surface area (Å²) < 4.78 is 31.6. The van der Waals surface area contributed by atoms with Gasteiger partial charge in [-0.1, -0.05) is 5.16 Å². The third-order valence-electron chi connectivity index (χ3n) is 2.76. The summed E-state index contributed by atoms with van der Waals surface area (Å²) in [7, 11) is 0. The van der Waals surface area contributed by atoms with Crippen LogP contribution in [-0.4, -0.2) is 15.1 Å². The predicted molar refractivity (Wildman–Crippen MR) is 73.4 cm³/mol. The number of nitrogens with two attached hydrogens (primary N) is 1. The fraction of sp³-hybridized carbons (Fsp3) is 0.154. The molecule has 2 aromatic heterocycles. The lowest BCUT2D eigenvalue weighted by Gasteiger charge is -1.95. The van der Waals surface area contributed by atoms with Crippen LogP contribution in [0.5, 0.6) is 0 Å². The molecule has 0 aliphatic rings. The quantitative estimate of drug-likeness (QED) is 0.805. The number of hydrogen-bond acceptors (Lipinski definition) is 6. The molecule has 0 saturated carbocycles. The van der Waals surface area contributed by atoms with E-state index in [1.807, 2.05) is 0 Å². The number of aryl methyl sites for hydroxylation is 1. The molecule has 108 valence electrons. The minimum absolute atomic E-state index is 0.116. The molecule has 3 rings (SSSR count). The largest absolute Gasteiger partial charge is 0.333 e. The topological polar surface area (TPSA) is 77.8 Å². The van der Waals surface area contributed by atoms with Crippen molar-refractivity contribution < 1.29 is 13.3 Å². The fourth-order valence-electron chi connectivity index (χ4n) is 1.85. The zero-order valence-electron chi connectivity index (χ0n) is 10.9. The first kappa shape index (κ1) is 13.8. The average Bonchev–Trinajstić information content (AvgIpc) is 3.03. The molecule has 3 aromatic rings. The van der Waals surface area contributed by atoms with Gasteiger partial charge in [0.25, 0.3) is 5.89 Å². The van der Waals surface area contributed by atoms with E-state index in [-0.39, 0.29) is 17.3 Å². The van der Waals surface area contributed by atoms with E-state index in [1.165, 1.54) is 11.3 Å². The van der Waals surface area contributed by atoms with E-state index in [4.69, 9.17) is 10.3 Å². The standard InChI is InChI=1S/C13H10F2N4OS/c1-6-11(21-10(5-16)17-6)13-18-12(19-20-13)7-2-8(14)4-9(15)3-7/h2-4H,5,16H2,1H3. The van der Waals surface area contributed by atoms with Gasteiger partial charge in [0.15, 0.2) is 0 Å². The third-order valence-corrected chi connectivity index (χ3v) is 3.92. The normalized spacial score (nSPS) is 11.0. The molecule has 0 unspecified atom stereocenters. The van der Waals surface area contributed by atoms with Crippen LogP contribution in [0.15, 0.2) is 22.7 Å². The third kappa shape index (κ3) is 2.67. The van der Waals surface area contributed by atoms with Crippen molar-refractivity contribution in [2.24, 2.45) is 5.73 Å². The highest BCUT2D eigenvalue weighted by Gasteiger charge is 2.17. The van der Waals surface area contributed by atoms with Crippen LogP contribution in [0.1, 0.15) is 10.7 Å². The molecule has 0 radical (unpaired) electrons. The average molecular weight is 308 g/mol. The Bertz CT molecular complexity index is 779. The number of nitrogens with zero attached hydrogens (tertiary/aromatic N) is 3. The van der Waals surface area contributed by atoms with Crippen molar-refractivity contribution in [2.45, 2.75) is 13.5 Å². The summed E-state index contributed by atoms with van der Waals surface area (Å²) >= 11 is 1.35. The monoisotopic (exact) mass is 308 g/mol. The van der Waals surface area contributed by atoms with Crippen LogP contribution in [0.4, 0.5) is 8.78 Å². The Balaban J connectivity index is 2.01. The van der Waals surface area contributed by atoms with Gasteiger partial charge in [0, 0.05) is 18.2 Å². The molecule has 0 amide bonds. The molecule has 21 heavy (non-hydrogen) atoms. The second-order valence-electron chi connectivity index (χ2n) is 4.31. The SMILES string of the molecule is Cc1nc(CN)sc1-c1nc(-c2cc(F)cc(F)c2)no1. The zero-order chi connectivity index (χ0) is 15.0. The Morgan fingerprint density at radius 2 is 1.90 bits per heavy atom. The Morgan fingerprint density at radius 1 is 1.19 bits per heavy atom. The van der Waals surface area contributed by atoms with Crippen LogP contribution in [-0.2, 0) is 6.54 Å². The second kappa shape index (κ2) is 5.30. The summed E-state index contributed by atoms with van der Waals surface area (Å²) in [5, 5.41) is 4.50. The molecule has 5 nitrogen and oxygen atoms in total. The van der Waals surface area contributed by atoms with E-state index in [0.717, 1.165) is 28.9 Å². The van der Waals surface area contributed by atoms with Crippen molar-refractivity contribution >= 4 is 11.3 Å². The molecule has 0 fully saturated rings. The van der Waals surface area contributed by atoms with E-state index in [9.17, 15) is 8.78 Å². The number of benzene rings is 1. The highest BCUT2D eigenvalue weighted by molar-refractivity contribution is 7.15. The van der Waals surface area contributed by atoms with Gasteiger partial charge in [0.2, 0.25) is 5.82 Å². The maximum absolute atomic E-state index is 13.2. The van der Waals surface area contributed by atoms with Crippen molar-refractivity contribution in [1.29, 1.82) is 0 Å². The van der Waals surface area contributed by atoms with Crippen LogP contribution >= 0.6 is 11.3 Å². The number of thiazole rings is 1. The van der Waals surface area contributed by atoms with Gasteiger partial charge in [-0.2, -0.15) is 4.98 Å². The van der Waals surface area contributed by atoms with Crippen LogP contribution in [0.25, 0.3) is 22.2 Å². The molecule has 2 heterocycles. The lowest BCUT2D eigenvalue weighted by Crippen LogP contribution is -1.94. The molecule has 2 N–H and O–H groups in total. The first-order valence-corrected chi connectivity index (χ1v) is 6.85. The van der Waals surface area contributed by atoms with Gasteiger partial charge in [-0.3, -0.25) is 0 Å². The number of aromatic nitrogens is 3. The Labute approximate surface area is 122 Å². The minimum Gasteiger partial charge on any atom is -0.333 e. The van der Waals surface area contributed by atoms with Crippen LogP contribution in [0.3, 0.4) is 0 Å². The first-order chi connectivity index (χ1) is 10.1. The molecule has 8 heteroatoms. The van der Waals surface area contributed by atoms with Crippen molar-refractivity contribution in [3.05, 3.63) is 40.5 Å². The van der Waals surface area contributed by atoms with Gasteiger partial charge in [0.1, 0.15) is 21.5 Å².